The van der Waals surface area contributed by atoms with Gasteiger partial charge in [-0.25, -0.2) is 0 Å². The second-order valence-electron chi connectivity index (χ2n) is 14.2. The Labute approximate surface area is 201 Å². The van der Waals surface area contributed by atoms with Gasteiger partial charge in [0.1, 0.15) is 0 Å². The van der Waals surface area contributed by atoms with Crippen LogP contribution < -0.4 is 0 Å². The molecule has 3 aliphatic carbocycles. The molecular formula is C31H58O. The van der Waals surface area contributed by atoms with Crippen molar-refractivity contribution in [3.63, 3.8) is 0 Å². The molecule has 0 amide bonds. The van der Waals surface area contributed by atoms with Gasteiger partial charge in [-0.1, -0.05) is 81.6 Å². The van der Waals surface area contributed by atoms with Gasteiger partial charge in [0.2, 0.25) is 0 Å². The molecule has 3 rings (SSSR count). The first kappa shape index (κ1) is 26.6. The molecule has 0 radical (unpaired) electrons. The maximum atomic E-state index is 13.5. The fourth-order valence-corrected chi connectivity index (χ4v) is 9.03. The van der Waals surface area contributed by atoms with E-state index in [4.69, 9.17) is 0 Å². The lowest BCUT2D eigenvalue weighted by Crippen LogP contribution is -2.61. The molecule has 0 heterocycles. The Morgan fingerprint density at radius 3 is 0.969 bits per heavy atom. The summed E-state index contributed by atoms with van der Waals surface area (Å²) in [5.74, 6) is 7.83. The van der Waals surface area contributed by atoms with E-state index < -0.39 is 5.60 Å². The first-order chi connectivity index (χ1) is 15.0. The molecule has 0 aromatic carbocycles. The highest BCUT2D eigenvalue weighted by atomic mass is 16.3. The summed E-state index contributed by atoms with van der Waals surface area (Å²) >= 11 is 0. The van der Waals surface area contributed by atoms with E-state index in [0.717, 1.165) is 17.8 Å². The molecule has 1 nitrogen and oxygen atoms in total. The molecular weight excluding hydrogens is 388 g/mol. The normalized spacial score (nSPS) is 43.6. The average Bonchev–Trinajstić information content (AvgIpc) is 2.72. The molecule has 188 valence electrons. The SMILES string of the molecule is CC1CCC(C(C)C)C(C(O)(C2CC(C)CCC2C(C)C)C2CC(C)CCC2C(C)C)C1. The van der Waals surface area contributed by atoms with Crippen LogP contribution in [0.3, 0.4) is 0 Å². The van der Waals surface area contributed by atoms with Gasteiger partial charge in [0.05, 0.1) is 5.60 Å². The standard InChI is InChI=1S/C31H58O/c1-19(2)25-13-10-22(7)16-28(25)31(32,29-17-23(8)11-14-26(29)20(3)4)30-18-24(9)12-15-27(30)21(5)6/h19-30,32H,10-18H2,1-9H3. The third-order valence-electron chi connectivity index (χ3n) is 10.8. The van der Waals surface area contributed by atoms with Crippen LogP contribution in [-0.4, -0.2) is 10.7 Å². The van der Waals surface area contributed by atoms with E-state index in [1.54, 1.807) is 0 Å². The van der Waals surface area contributed by atoms with Gasteiger partial charge < -0.3 is 5.11 Å². The van der Waals surface area contributed by atoms with E-state index >= 15 is 0 Å². The quantitative estimate of drug-likeness (QED) is 0.432. The molecule has 1 N–H and O–H groups in total. The predicted octanol–water partition coefficient (Wildman–Crippen LogP) is 8.84. The van der Waals surface area contributed by atoms with Gasteiger partial charge in [-0.3, -0.25) is 0 Å². The minimum Gasteiger partial charge on any atom is -0.389 e. The third-order valence-corrected chi connectivity index (χ3v) is 10.8. The molecule has 0 spiro atoms. The highest BCUT2D eigenvalue weighted by molar-refractivity contribution is 5.08. The molecule has 0 aliphatic heterocycles. The van der Waals surface area contributed by atoms with Crippen LogP contribution in [0, 0.1) is 71.0 Å². The van der Waals surface area contributed by atoms with Crippen LogP contribution in [0.25, 0.3) is 0 Å². The molecule has 0 bridgehead atoms. The van der Waals surface area contributed by atoms with Crippen molar-refractivity contribution >= 4 is 0 Å². The zero-order chi connectivity index (χ0) is 23.8. The second-order valence-corrected chi connectivity index (χ2v) is 14.2. The monoisotopic (exact) mass is 446 g/mol. The molecule has 0 aromatic heterocycles. The van der Waals surface area contributed by atoms with Gasteiger partial charge in [0.15, 0.2) is 0 Å². The summed E-state index contributed by atoms with van der Waals surface area (Å²) in [5, 5.41) is 13.5. The molecule has 32 heavy (non-hydrogen) atoms. The zero-order valence-electron chi connectivity index (χ0n) is 23.2. The highest BCUT2D eigenvalue weighted by Crippen LogP contribution is 2.59. The van der Waals surface area contributed by atoms with E-state index in [1.807, 2.05) is 0 Å². The highest BCUT2D eigenvalue weighted by Gasteiger charge is 2.58. The van der Waals surface area contributed by atoms with Gasteiger partial charge >= 0.3 is 0 Å². The molecule has 3 aliphatic rings. The number of aliphatic hydroxyl groups is 1. The van der Waals surface area contributed by atoms with Crippen molar-refractivity contribution in [1.29, 1.82) is 0 Å². The van der Waals surface area contributed by atoms with Gasteiger partial charge in [0.25, 0.3) is 0 Å². The van der Waals surface area contributed by atoms with Gasteiger partial charge in [-0.2, -0.15) is 0 Å². The van der Waals surface area contributed by atoms with E-state index in [9.17, 15) is 5.11 Å². The van der Waals surface area contributed by atoms with Crippen LogP contribution in [0.2, 0.25) is 0 Å². The molecule has 9 unspecified atom stereocenters. The molecule has 3 fully saturated rings. The van der Waals surface area contributed by atoms with E-state index in [-0.39, 0.29) is 0 Å². The third kappa shape index (κ3) is 5.28. The van der Waals surface area contributed by atoms with Crippen molar-refractivity contribution in [2.75, 3.05) is 0 Å². The summed E-state index contributed by atoms with van der Waals surface area (Å²) in [4.78, 5) is 0. The van der Waals surface area contributed by atoms with Crippen LogP contribution in [0.1, 0.15) is 120 Å². The average molecular weight is 447 g/mol. The summed E-state index contributed by atoms with van der Waals surface area (Å²) in [6.07, 6.45) is 11.8. The van der Waals surface area contributed by atoms with Crippen molar-refractivity contribution in [3.8, 4) is 0 Å². The van der Waals surface area contributed by atoms with Gasteiger partial charge in [-0.05, 0) is 110 Å². The van der Waals surface area contributed by atoms with Crippen molar-refractivity contribution in [2.24, 2.45) is 71.0 Å². The summed E-state index contributed by atoms with van der Waals surface area (Å²) < 4.78 is 0. The molecule has 3 saturated carbocycles. The summed E-state index contributed by atoms with van der Waals surface area (Å²) in [6, 6.07) is 0. The summed E-state index contributed by atoms with van der Waals surface area (Å²) in [7, 11) is 0. The Kier molecular flexibility index (Phi) is 8.88. The van der Waals surface area contributed by atoms with Crippen LogP contribution in [-0.2, 0) is 0 Å². The van der Waals surface area contributed by atoms with Crippen LogP contribution in [0.15, 0.2) is 0 Å². The number of hydrogen-bond acceptors (Lipinski definition) is 1. The fourth-order valence-electron chi connectivity index (χ4n) is 9.03. The first-order valence-electron chi connectivity index (χ1n) is 14.7. The summed E-state index contributed by atoms with van der Waals surface area (Å²) in [5.41, 5.74) is -0.489. The van der Waals surface area contributed by atoms with Crippen molar-refractivity contribution < 1.29 is 5.11 Å². The van der Waals surface area contributed by atoms with Crippen LogP contribution in [0.4, 0.5) is 0 Å². The maximum Gasteiger partial charge on any atom is 0.0740 e. The van der Waals surface area contributed by atoms with Gasteiger partial charge in [-0.15, -0.1) is 0 Å². The van der Waals surface area contributed by atoms with E-state index in [0.29, 0.717) is 53.3 Å². The lowest BCUT2D eigenvalue weighted by Gasteiger charge is -2.60. The second kappa shape index (κ2) is 10.7. The zero-order valence-corrected chi connectivity index (χ0v) is 23.2. The van der Waals surface area contributed by atoms with Crippen molar-refractivity contribution in [3.05, 3.63) is 0 Å². The maximum absolute atomic E-state index is 13.5. The minimum atomic E-state index is -0.489. The van der Waals surface area contributed by atoms with Crippen LogP contribution in [0.5, 0.6) is 0 Å². The Morgan fingerprint density at radius 2 is 0.750 bits per heavy atom. The number of rotatable bonds is 6. The molecule has 1 heteroatoms. The van der Waals surface area contributed by atoms with E-state index in [2.05, 4.69) is 62.3 Å². The lowest BCUT2D eigenvalue weighted by molar-refractivity contribution is -0.204. The Morgan fingerprint density at radius 1 is 0.500 bits per heavy atom. The largest absolute Gasteiger partial charge is 0.389 e. The summed E-state index contributed by atoms with van der Waals surface area (Å²) in [6.45, 7) is 22.1. The van der Waals surface area contributed by atoms with Crippen molar-refractivity contribution in [1.82, 2.24) is 0 Å². The van der Waals surface area contributed by atoms with Crippen molar-refractivity contribution in [2.45, 2.75) is 126 Å². The Hall–Kier alpha value is -0.0400. The topological polar surface area (TPSA) is 20.2 Å². The number of hydrogen-bond donors (Lipinski definition) is 1. The molecule has 9 atom stereocenters. The lowest BCUT2D eigenvalue weighted by atomic mass is 9.48. The molecule has 0 aromatic rings. The van der Waals surface area contributed by atoms with Crippen LogP contribution >= 0.6 is 0 Å². The Balaban J connectivity index is 2.14. The predicted molar refractivity (Wildman–Crippen MR) is 139 cm³/mol. The molecule has 0 saturated heterocycles. The van der Waals surface area contributed by atoms with E-state index in [1.165, 1.54) is 57.8 Å². The van der Waals surface area contributed by atoms with Gasteiger partial charge in [0, 0.05) is 0 Å². The fraction of sp³-hybridized carbons (Fsp3) is 1.00. The smallest absolute Gasteiger partial charge is 0.0740 e. The first-order valence-corrected chi connectivity index (χ1v) is 14.7. The Bertz CT molecular complexity index is 498. The minimum absolute atomic E-state index is 0.486.